The molecule has 2 heterocycles. The zero-order chi connectivity index (χ0) is 17.9. The lowest BCUT2D eigenvalue weighted by atomic mass is 9.85. The number of alkyl halides is 2. The molecular weight excluding hydrogens is 332 g/mol. The molecule has 1 saturated heterocycles. The molecule has 1 aromatic rings. The van der Waals surface area contributed by atoms with E-state index < -0.39 is 5.92 Å². The van der Waals surface area contributed by atoms with Crippen LogP contribution in [0.1, 0.15) is 37.8 Å². The lowest BCUT2D eigenvalue weighted by Crippen LogP contribution is -2.48. The number of hydrogen-bond donors (Lipinski definition) is 1. The molecule has 1 aliphatic carbocycles. The van der Waals surface area contributed by atoms with Crippen molar-refractivity contribution >= 4 is 5.91 Å². The van der Waals surface area contributed by atoms with E-state index in [0.29, 0.717) is 38.2 Å². The lowest BCUT2D eigenvalue weighted by molar-refractivity contribution is -0.147. The summed E-state index contributed by atoms with van der Waals surface area (Å²) in [5.41, 5.74) is 0.491. The molecule has 3 rings (SSSR count). The molecule has 1 aliphatic heterocycles. The highest BCUT2D eigenvalue weighted by atomic mass is 19.3. The molecule has 0 radical (unpaired) electrons. The first kappa shape index (κ1) is 18.0. The van der Waals surface area contributed by atoms with Crippen molar-refractivity contribution in [3.63, 3.8) is 0 Å². The Morgan fingerprint density at radius 1 is 1.40 bits per heavy atom. The van der Waals surface area contributed by atoms with E-state index in [1.807, 2.05) is 0 Å². The molecule has 0 bridgehead atoms. The monoisotopic (exact) mass is 355 g/mol. The van der Waals surface area contributed by atoms with Gasteiger partial charge in [0, 0.05) is 43.6 Å². The molecule has 1 atom stereocenters. The first-order chi connectivity index (χ1) is 11.9. The van der Waals surface area contributed by atoms with Crippen LogP contribution in [0.5, 0.6) is 0 Å². The summed E-state index contributed by atoms with van der Waals surface area (Å²) in [6.45, 7) is 1.42. The molecule has 1 aromatic heterocycles. The second kappa shape index (κ2) is 7.59. The largest absolute Gasteiger partial charge is 0.375 e. The van der Waals surface area contributed by atoms with Crippen molar-refractivity contribution in [1.82, 2.24) is 14.9 Å². The van der Waals surface area contributed by atoms with Crippen LogP contribution < -0.4 is 5.56 Å². The van der Waals surface area contributed by atoms with Crippen LogP contribution >= 0.6 is 0 Å². The predicted octanol–water partition coefficient (Wildman–Crippen LogP) is 1.76. The molecule has 8 heteroatoms. The summed E-state index contributed by atoms with van der Waals surface area (Å²) in [5, 5.41) is 0. The van der Waals surface area contributed by atoms with Crippen LogP contribution in [-0.2, 0) is 16.0 Å². The van der Waals surface area contributed by atoms with Gasteiger partial charge in [0.05, 0.1) is 19.0 Å². The van der Waals surface area contributed by atoms with E-state index in [9.17, 15) is 18.4 Å². The smallest absolute Gasteiger partial charge is 0.250 e. The zero-order valence-corrected chi connectivity index (χ0v) is 14.0. The number of rotatable bonds is 4. The Labute approximate surface area is 144 Å². The van der Waals surface area contributed by atoms with Gasteiger partial charge >= 0.3 is 0 Å². The fourth-order valence-electron chi connectivity index (χ4n) is 3.49. The molecule has 2 fully saturated rings. The molecule has 0 unspecified atom stereocenters. The highest BCUT2D eigenvalue weighted by Gasteiger charge is 2.39. The number of nitrogens with zero attached hydrogens (tertiary/aromatic N) is 2. The number of hydrogen-bond acceptors (Lipinski definition) is 4. The Morgan fingerprint density at radius 3 is 2.88 bits per heavy atom. The molecule has 0 aromatic carbocycles. The van der Waals surface area contributed by atoms with Gasteiger partial charge in [-0.3, -0.25) is 9.59 Å². The summed E-state index contributed by atoms with van der Waals surface area (Å²) in [6, 6.07) is 1.45. The average molecular weight is 355 g/mol. The van der Waals surface area contributed by atoms with Crippen LogP contribution in [0, 0.1) is 5.92 Å². The van der Waals surface area contributed by atoms with Gasteiger partial charge in [0.25, 0.3) is 5.56 Å². The topological polar surface area (TPSA) is 75.3 Å². The van der Waals surface area contributed by atoms with Gasteiger partial charge < -0.3 is 14.6 Å². The number of halogens is 2. The number of aryl methyl sites for hydroxylation is 1. The number of carbonyl (C=O) groups is 1. The van der Waals surface area contributed by atoms with Crippen LogP contribution in [0.2, 0.25) is 0 Å². The van der Waals surface area contributed by atoms with Gasteiger partial charge in [-0.15, -0.1) is 0 Å². The fourth-order valence-corrected chi connectivity index (χ4v) is 3.49. The normalized spacial score (nSPS) is 24.2. The Kier molecular flexibility index (Phi) is 5.46. The van der Waals surface area contributed by atoms with Crippen LogP contribution in [0.25, 0.3) is 0 Å². The molecule has 2 aliphatic rings. The number of aromatic nitrogens is 2. The molecule has 138 valence electrons. The van der Waals surface area contributed by atoms with Crippen molar-refractivity contribution in [1.29, 1.82) is 0 Å². The first-order valence-electron chi connectivity index (χ1n) is 8.75. The van der Waals surface area contributed by atoms with Crippen molar-refractivity contribution < 1.29 is 18.3 Å². The van der Waals surface area contributed by atoms with E-state index in [1.165, 1.54) is 12.4 Å². The maximum atomic E-state index is 13.3. The summed E-state index contributed by atoms with van der Waals surface area (Å²) in [7, 11) is 0. The van der Waals surface area contributed by atoms with E-state index in [0.717, 1.165) is 0 Å². The van der Waals surface area contributed by atoms with Gasteiger partial charge in [-0.2, -0.15) is 0 Å². The summed E-state index contributed by atoms with van der Waals surface area (Å²) >= 11 is 0. The minimum absolute atomic E-state index is 0.0296. The standard InChI is InChI=1S/C17H23F2N3O3/c18-17(19)5-3-12(4-6-17)16(24)22-7-8-25-14(10-22)2-1-13-9-15(23)21-11-20-13/h9,11-12,14H,1-8,10H2,(H,20,21,23)/t14-/m1/s1. The lowest BCUT2D eigenvalue weighted by Gasteiger charge is -2.37. The third kappa shape index (κ3) is 4.84. The number of H-pyrrole nitrogens is 1. The minimum atomic E-state index is -2.62. The summed E-state index contributed by atoms with van der Waals surface area (Å²) in [6.07, 6.45) is 2.60. The van der Waals surface area contributed by atoms with Crippen LogP contribution in [0.15, 0.2) is 17.2 Å². The number of morpholine rings is 1. The van der Waals surface area contributed by atoms with Crippen molar-refractivity contribution in [2.45, 2.75) is 50.6 Å². The van der Waals surface area contributed by atoms with Crippen molar-refractivity contribution in [2.75, 3.05) is 19.7 Å². The number of nitrogens with one attached hydrogen (secondary N) is 1. The van der Waals surface area contributed by atoms with E-state index in [4.69, 9.17) is 4.74 Å². The Morgan fingerprint density at radius 2 is 2.16 bits per heavy atom. The Hall–Kier alpha value is -1.83. The fraction of sp³-hybridized carbons (Fsp3) is 0.706. The van der Waals surface area contributed by atoms with Crippen LogP contribution in [0.4, 0.5) is 8.78 Å². The Bertz CT molecular complexity index is 655. The van der Waals surface area contributed by atoms with Gasteiger partial charge in [-0.25, -0.2) is 13.8 Å². The van der Waals surface area contributed by atoms with Crippen molar-refractivity contribution in [3.8, 4) is 0 Å². The van der Waals surface area contributed by atoms with E-state index in [-0.39, 0.29) is 49.2 Å². The predicted molar refractivity (Wildman–Crippen MR) is 86.4 cm³/mol. The molecular formula is C17H23F2N3O3. The summed E-state index contributed by atoms with van der Waals surface area (Å²) in [5.74, 6) is -2.95. The second-order valence-corrected chi connectivity index (χ2v) is 6.85. The maximum Gasteiger partial charge on any atom is 0.250 e. The highest BCUT2D eigenvalue weighted by molar-refractivity contribution is 5.79. The third-order valence-corrected chi connectivity index (χ3v) is 4.97. The second-order valence-electron chi connectivity index (χ2n) is 6.85. The van der Waals surface area contributed by atoms with Gasteiger partial charge in [0.15, 0.2) is 0 Å². The number of ether oxygens (including phenoxy) is 1. The zero-order valence-electron chi connectivity index (χ0n) is 14.0. The van der Waals surface area contributed by atoms with E-state index in [1.54, 1.807) is 4.90 Å². The highest BCUT2D eigenvalue weighted by Crippen LogP contribution is 2.37. The average Bonchev–Trinajstić information content (AvgIpc) is 2.60. The molecule has 1 amide bonds. The van der Waals surface area contributed by atoms with Crippen molar-refractivity contribution in [3.05, 3.63) is 28.4 Å². The van der Waals surface area contributed by atoms with Gasteiger partial charge in [-0.1, -0.05) is 0 Å². The van der Waals surface area contributed by atoms with Crippen LogP contribution in [-0.4, -0.2) is 52.5 Å². The minimum Gasteiger partial charge on any atom is -0.375 e. The van der Waals surface area contributed by atoms with Gasteiger partial charge in [0.1, 0.15) is 0 Å². The number of amides is 1. The van der Waals surface area contributed by atoms with E-state index in [2.05, 4.69) is 9.97 Å². The third-order valence-electron chi connectivity index (χ3n) is 4.97. The first-order valence-corrected chi connectivity index (χ1v) is 8.75. The van der Waals surface area contributed by atoms with Gasteiger partial charge in [-0.05, 0) is 25.7 Å². The van der Waals surface area contributed by atoms with Gasteiger partial charge in [0.2, 0.25) is 11.8 Å². The quantitative estimate of drug-likeness (QED) is 0.893. The summed E-state index contributed by atoms with van der Waals surface area (Å²) < 4.78 is 32.2. The molecule has 0 spiro atoms. The van der Waals surface area contributed by atoms with Crippen molar-refractivity contribution in [2.24, 2.45) is 5.92 Å². The molecule has 25 heavy (non-hydrogen) atoms. The number of carbonyl (C=O) groups excluding carboxylic acids is 1. The van der Waals surface area contributed by atoms with E-state index >= 15 is 0 Å². The summed E-state index contributed by atoms with van der Waals surface area (Å²) in [4.78, 5) is 32.2. The molecule has 1 N–H and O–H groups in total. The number of aromatic amines is 1. The molecule has 6 nitrogen and oxygen atoms in total. The SMILES string of the molecule is O=C(C1CCC(F)(F)CC1)N1CCO[C@H](CCc2cc(=O)[nH]cn2)C1. The maximum absolute atomic E-state index is 13.3. The Balaban J connectivity index is 1.50. The van der Waals surface area contributed by atoms with Crippen LogP contribution in [0.3, 0.4) is 0 Å². The molecule has 1 saturated carbocycles.